The summed E-state index contributed by atoms with van der Waals surface area (Å²) in [6, 6.07) is 5.26. The first-order valence-corrected chi connectivity index (χ1v) is 6.28. The van der Waals surface area contributed by atoms with E-state index in [1.54, 1.807) is 12.1 Å². The van der Waals surface area contributed by atoms with Crippen LogP contribution in [-0.4, -0.2) is 22.4 Å². The minimum atomic E-state index is -0.774. The summed E-state index contributed by atoms with van der Waals surface area (Å²) in [6.07, 6.45) is 0.972. The van der Waals surface area contributed by atoms with Crippen molar-refractivity contribution >= 4 is 16.9 Å². The Morgan fingerprint density at radius 3 is 2.89 bits per heavy atom. The molecule has 1 aromatic heterocycles. The lowest BCUT2D eigenvalue weighted by Crippen LogP contribution is -2.48. The molecular weight excluding hydrogens is 242 g/mol. The molecule has 1 aromatic carbocycles. The standard InChI is InChI=1S/C13H19N5O/c1-3-7-16-13(2,15)12-17-9-6-4-5-8(11(14)19)10(9)18-12/h4-6,16H,3,7,15H2,1-2H3,(H2,14,19)(H,17,18)/t13-/m1/s1. The van der Waals surface area contributed by atoms with E-state index in [2.05, 4.69) is 22.2 Å². The summed E-state index contributed by atoms with van der Waals surface area (Å²) in [6.45, 7) is 4.68. The number of fused-ring (bicyclic) bond motifs is 1. The summed E-state index contributed by atoms with van der Waals surface area (Å²) in [5.41, 5.74) is 12.5. The fourth-order valence-electron chi connectivity index (χ4n) is 1.95. The Morgan fingerprint density at radius 2 is 2.26 bits per heavy atom. The summed E-state index contributed by atoms with van der Waals surface area (Å²) in [4.78, 5) is 18.9. The van der Waals surface area contributed by atoms with Crippen LogP contribution >= 0.6 is 0 Å². The third kappa shape index (κ3) is 2.59. The van der Waals surface area contributed by atoms with Gasteiger partial charge in [0.05, 0.1) is 11.1 Å². The number of carbonyl (C=O) groups excluding carboxylic acids is 1. The van der Waals surface area contributed by atoms with E-state index in [4.69, 9.17) is 11.5 Å². The minimum Gasteiger partial charge on any atom is -0.366 e. The first-order chi connectivity index (χ1) is 8.95. The number of aromatic nitrogens is 2. The SMILES string of the molecule is CCCN[C@@](C)(N)c1nc2c(C(N)=O)cccc2[nH]1. The predicted octanol–water partition coefficient (Wildman–Crippen LogP) is 0.793. The molecule has 19 heavy (non-hydrogen) atoms. The van der Waals surface area contributed by atoms with E-state index in [0.717, 1.165) is 18.5 Å². The molecule has 0 saturated heterocycles. The second-order valence-electron chi connectivity index (χ2n) is 4.78. The number of H-pyrrole nitrogens is 1. The number of rotatable bonds is 5. The number of imidazole rings is 1. The Labute approximate surface area is 111 Å². The molecule has 2 rings (SSSR count). The van der Waals surface area contributed by atoms with Gasteiger partial charge in [-0.15, -0.1) is 0 Å². The van der Waals surface area contributed by atoms with Gasteiger partial charge < -0.3 is 16.5 Å². The molecule has 0 radical (unpaired) electrons. The van der Waals surface area contributed by atoms with Crippen LogP contribution in [0.1, 0.15) is 36.5 Å². The van der Waals surface area contributed by atoms with Crippen LogP contribution in [0.3, 0.4) is 0 Å². The van der Waals surface area contributed by atoms with E-state index in [0.29, 0.717) is 16.9 Å². The van der Waals surface area contributed by atoms with E-state index < -0.39 is 11.6 Å². The predicted molar refractivity (Wildman–Crippen MR) is 74.4 cm³/mol. The van der Waals surface area contributed by atoms with Gasteiger partial charge >= 0.3 is 0 Å². The fourth-order valence-corrected chi connectivity index (χ4v) is 1.95. The van der Waals surface area contributed by atoms with Gasteiger partial charge in [0, 0.05) is 0 Å². The number of amides is 1. The molecule has 1 heterocycles. The lowest BCUT2D eigenvalue weighted by atomic mass is 10.2. The third-order valence-electron chi connectivity index (χ3n) is 3.01. The summed E-state index contributed by atoms with van der Waals surface area (Å²) in [5.74, 6) is 0.0912. The molecule has 2 aromatic rings. The van der Waals surface area contributed by atoms with E-state index in [-0.39, 0.29) is 0 Å². The largest absolute Gasteiger partial charge is 0.366 e. The Morgan fingerprint density at radius 1 is 1.53 bits per heavy atom. The minimum absolute atomic E-state index is 0.395. The quantitative estimate of drug-likeness (QED) is 0.596. The Kier molecular flexibility index (Phi) is 3.55. The second kappa shape index (κ2) is 4.99. The monoisotopic (exact) mass is 261 g/mol. The number of carbonyl (C=O) groups is 1. The van der Waals surface area contributed by atoms with Crippen molar-refractivity contribution in [2.24, 2.45) is 11.5 Å². The van der Waals surface area contributed by atoms with Crippen LogP contribution in [0.15, 0.2) is 18.2 Å². The molecule has 0 bridgehead atoms. The highest BCUT2D eigenvalue weighted by Gasteiger charge is 2.25. The smallest absolute Gasteiger partial charge is 0.250 e. The van der Waals surface area contributed by atoms with Gasteiger partial charge in [-0.3, -0.25) is 10.1 Å². The van der Waals surface area contributed by atoms with Crippen molar-refractivity contribution in [2.75, 3.05) is 6.54 Å². The first-order valence-electron chi connectivity index (χ1n) is 6.28. The summed E-state index contributed by atoms with van der Waals surface area (Å²) < 4.78 is 0. The van der Waals surface area contributed by atoms with Gasteiger partial charge in [-0.2, -0.15) is 0 Å². The van der Waals surface area contributed by atoms with Crippen molar-refractivity contribution in [3.8, 4) is 0 Å². The van der Waals surface area contributed by atoms with Crippen molar-refractivity contribution < 1.29 is 4.79 Å². The topological polar surface area (TPSA) is 110 Å². The van der Waals surface area contributed by atoms with Crippen molar-refractivity contribution in [1.82, 2.24) is 15.3 Å². The highest BCUT2D eigenvalue weighted by atomic mass is 16.1. The number of nitrogens with zero attached hydrogens (tertiary/aromatic N) is 1. The number of benzene rings is 1. The van der Waals surface area contributed by atoms with E-state index in [9.17, 15) is 4.79 Å². The molecule has 6 nitrogen and oxygen atoms in total. The van der Waals surface area contributed by atoms with Gasteiger partial charge in [-0.1, -0.05) is 13.0 Å². The van der Waals surface area contributed by atoms with Gasteiger partial charge in [-0.25, -0.2) is 4.98 Å². The van der Waals surface area contributed by atoms with E-state index >= 15 is 0 Å². The maximum absolute atomic E-state index is 11.4. The number of nitrogens with one attached hydrogen (secondary N) is 2. The molecule has 6 heteroatoms. The molecule has 1 atom stereocenters. The van der Waals surface area contributed by atoms with Gasteiger partial charge in [-0.05, 0) is 32.0 Å². The molecule has 0 saturated carbocycles. The molecule has 6 N–H and O–H groups in total. The number of hydrogen-bond acceptors (Lipinski definition) is 4. The van der Waals surface area contributed by atoms with Crippen LogP contribution in [-0.2, 0) is 5.66 Å². The van der Waals surface area contributed by atoms with Crippen LogP contribution in [0.4, 0.5) is 0 Å². The van der Waals surface area contributed by atoms with Gasteiger partial charge in [0.25, 0.3) is 5.91 Å². The van der Waals surface area contributed by atoms with Crippen molar-refractivity contribution in [2.45, 2.75) is 25.9 Å². The van der Waals surface area contributed by atoms with Crippen molar-refractivity contribution in [1.29, 1.82) is 0 Å². The fraction of sp³-hybridized carbons (Fsp3) is 0.385. The normalized spacial score (nSPS) is 14.5. The molecule has 0 aliphatic heterocycles. The van der Waals surface area contributed by atoms with Crippen LogP contribution < -0.4 is 16.8 Å². The maximum Gasteiger partial charge on any atom is 0.250 e. The zero-order valence-electron chi connectivity index (χ0n) is 11.2. The Hall–Kier alpha value is -1.92. The average molecular weight is 261 g/mol. The molecule has 1 amide bonds. The number of para-hydroxylation sites is 1. The van der Waals surface area contributed by atoms with Gasteiger partial charge in [0.15, 0.2) is 0 Å². The number of primary amides is 1. The maximum atomic E-state index is 11.4. The van der Waals surface area contributed by atoms with E-state index in [1.807, 2.05) is 13.0 Å². The summed E-state index contributed by atoms with van der Waals surface area (Å²) in [5, 5.41) is 3.20. The highest BCUT2D eigenvalue weighted by Crippen LogP contribution is 2.20. The average Bonchev–Trinajstić information content (AvgIpc) is 2.80. The van der Waals surface area contributed by atoms with Crippen LogP contribution in [0.25, 0.3) is 11.0 Å². The lowest BCUT2D eigenvalue weighted by molar-refractivity contribution is 0.100. The molecule has 0 unspecified atom stereocenters. The molecular formula is C13H19N5O. The zero-order chi connectivity index (χ0) is 14.0. The molecule has 0 aliphatic carbocycles. The van der Waals surface area contributed by atoms with Crippen LogP contribution in [0, 0.1) is 0 Å². The van der Waals surface area contributed by atoms with Crippen LogP contribution in [0.2, 0.25) is 0 Å². The van der Waals surface area contributed by atoms with Gasteiger partial charge in [0.1, 0.15) is 17.0 Å². The number of hydrogen-bond donors (Lipinski definition) is 4. The lowest BCUT2D eigenvalue weighted by Gasteiger charge is -2.23. The Balaban J connectivity index is 2.47. The number of aromatic amines is 1. The van der Waals surface area contributed by atoms with E-state index in [1.165, 1.54) is 0 Å². The van der Waals surface area contributed by atoms with Crippen molar-refractivity contribution in [3.63, 3.8) is 0 Å². The Bertz CT molecular complexity index is 602. The molecule has 0 fully saturated rings. The molecule has 0 spiro atoms. The summed E-state index contributed by atoms with van der Waals surface area (Å²) >= 11 is 0. The van der Waals surface area contributed by atoms with Crippen molar-refractivity contribution in [3.05, 3.63) is 29.6 Å². The zero-order valence-corrected chi connectivity index (χ0v) is 11.2. The third-order valence-corrected chi connectivity index (χ3v) is 3.01. The highest BCUT2D eigenvalue weighted by molar-refractivity contribution is 6.04. The van der Waals surface area contributed by atoms with Gasteiger partial charge in [0.2, 0.25) is 0 Å². The number of nitrogens with two attached hydrogens (primary N) is 2. The second-order valence-corrected chi connectivity index (χ2v) is 4.78. The van der Waals surface area contributed by atoms with Crippen LogP contribution in [0.5, 0.6) is 0 Å². The molecule has 0 aliphatic rings. The molecule has 102 valence electrons. The summed E-state index contributed by atoms with van der Waals surface area (Å²) in [7, 11) is 0. The first kappa shape index (κ1) is 13.5.